The summed E-state index contributed by atoms with van der Waals surface area (Å²) in [7, 11) is -1.93. The van der Waals surface area contributed by atoms with Gasteiger partial charge in [-0.25, -0.2) is 4.98 Å². The number of nitriles is 1. The molecule has 0 bridgehead atoms. The van der Waals surface area contributed by atoms with E-state index in [9.17, 15) is 5.26 Å². The van der Waals surface area contributed by atoms with Crippen LogP contribution in [0.1, 0.15) is 37.5 Å². The highest BCUT2D eigenvalue weighted by Gasteiger charge is 2.38. The van der Waals surface area contributed by atoms with Crippen LogP contribution in [-0.4, -0.2) is 13.3 Å². The normalized spacial score (nSPS) is 11.7. The molecule has 0 unspecified atom stereocenters. The zero-order valence-electron chi connectivity index (χ0n) is 19.5. The van der Waals surface area contributed by atoms with Crippen molar-refractivity contribution in [3.05, 3.63) is 71.4 Å². The van der Waals surface area contributed by atoms with Crippen LogP contribution in [0.4, 0.5) is 11.5 Å². The van der Waals surface area contributed by atoms with E-state index in [-0.39, 0.29) is 5.04 Å². The number of aromatic nitrogens is 1. The molecule has 0 amide bonds. The van der Waals surface area contributed by atoms with Gasteiger partial charge in [0.25, 0.3) is 0 Å². The van der Waals surface area contributed by atoms with Crippen LogP contribution in [-0.2, 0) is 0 Å². The lowest BCUT2D eigenvalue weighted by atomic mass is 10.1. The number of rotatable bonds is 5. The molecule has 3 rings (SSSR count). The highest BCUT2D eigenvalue weighted by Crippen LogP contribution is 2.38. The topological polar surface area (TPSA) is 57.9 Å². The van der Waals surface area contributed by atoms with Crippen molar-refractivity contribution < 1.29 is 4.43 Å². The number of hydrogen-bond donors (Lipinski definition) is 1. The van der Waals surface area contributed by atoms with Gasteiger partial charge in [0.15, 0.2) is 0 Å². The molecule has 4 nitrogen and oxygen atoms in total. The molecule has 0 aliphatic rings. The number of benzene rings is 2. The first kappa shape index (κ1) is 22.6. The van der Waals surface area contributed by atoms with E-state index in [0.717, 1.165) is 33.7 Å². The Morgan fingerprint density at radius 2 is 1.65 bits per heavy atom. The van der Waals surface area contributed by atoms with Crippen LogP contribution in [0.3, 0.4) is 0 Å². The van der Waals surface area contributed by atoms with Gasteiger partial charge in [-0.05, 0) is 79.0 Å². The summed E-state index contributed by atoms with van der Waals surface area (Å²) in [5, 5.41) is 13.1. The van der Waals surface area contributed by atoms with Gasteiger partial charge in [-0.2, -0.15) is 5.26 Å². The minimum Gasteiger partial charge on any atom is -0.543 e. The second-order valence-corrected chi connectivity index (χ2v) is 14.3. The molecule has 160 valence electrons. The zero-order valence-corrected chi connectivity index (χ0v) is 20.5. The molecule has 0 fully saturated rings. The van der Waals surface area contributed by atoms with Gasteiger partial charge in [0.05, 0.1) is 5.56 Å². The van der Waals surface area contributed by atoms with E-state index in [1.807, 2.05) is 42.5 Å². The van der Waals surface area contributed by atoms with E-state index < -0.39 is 8.32 Å². The quantitative estimate of drug-likeness (QED) is 0.430. The lowest BCUT2D eigenvalue weighted by Gasteiger charge is -2.36. The van der Waals surface area contributed by atoms with Gasteiger partial charge in [-0.3, -0.25) is 0 Å². The monoisotopic (exact) mass is 429 g/mol. The fraction of sp³-hybridized carbons (Fsp3) is 0.308. The maximum Gasteiger partial charge on any atom is 0.250 e. The van der Waals surface area contributed by atoms with E-state index in [0.29, 0.717) is 11.4 Å². The van der Waals surface area contributed by atoms with E-state index in [1.165, 1.54) is 0 Å². The van der Waals surface area contributed by atoms with Crippen molar-refractivity contribution in [3.63, 3.8) is 0 Å². The second kappa shape index (κ2) is 8.56. The van der Waals surface area contributed by atoms with Crippen LogP contribution >= 0.6 is 0 Å². The first-order chi connectivity index (χ1) is 14.5. The van der Waals surface area contributed by atoms with E-state index in [2.05, 4.69) is 70.1 Å². The van der Waals surface area contributed by atoms with Crippen molar-refractivity contribution in [1.29, 1.82) is 5.26 Å². The molecule has 5 heteroatoms. The van der Waals surface area contributed by atoms with Crippen molar-refractivity contribution in [3.8, 4) is 22.9 Å². The van der Waals surface area contributed by atoms with Gasteiger partial charge in [-0.1, -0.05) is 39.0 Å². The standard InChI is InChI=1S/C26H31N3OSi/c1-18-11-19(2)13-23(12-18)29-25-21(16-27)14-22(17-28-25)20-9-8-10-24(15-20)30-31(6,7)26(3,4)5/h8-15,17H,1-7H3,(H,28,29). The molecular formula is C26H31N3OSi. The average Bonchev–Trinajstić information content (AvgIpc) is 2.66. The predicted molar refractivity (Wildman–Crippen MR) is 131 cm³/mol. The Balaban J connectivity index is 1.90. The molecule has 0 aliphatic heterocycles. The van der Waals surface area contributed by atoms with Gasteiger partial charge >= 0.3 is 0 Å². The molecule has 1 N–H and O–H groups in total. The maximum atomic E-state index is 9.72. The SMILES string of the molecule is Cc1cc(C)cc(Nc2ncc(-c3cccc(O[Si](C)(C)C(C)(C)C)c3)cc2C#N)c1. The molecule has 0 radical (unpaired) electrons. The Hall–Kier alpha value is -3.10. The number of pyridine rings is 1. The Kier molecular flexibility index (Phi) is 6.24. The van der Waals surface area contributed by atoms with E-state index >= 15 is 0 Å². The molecule has 2 aromatic carbocycles. The van der Waals surface area contributed by atoms with Crippen molar-refractivity contribution >= 4 is 19.8 Å². The second-order valence-electron chi connectivity index (χ2n) is 9.62. The third-order valence-electron chi connectivity index (χ3n) is 5.84. The highest BCUT2D eigenvalue weighted by atomic mass is 28.4. The first-order valence-corrected chi connectivity index (χ1v) is 13.4. The molecule has 0 saturated heterocycles. The Morgan fingerprint density at radius 1 is 0.968 bits per heavy atom. The summed E-state index contributed by atoms with van der Waals surface area (Å²) in [5.41, 5.74) is 5.64. The minimum atomic E-state index is -1.93. The van der Waals surface area contributed by atoms with Crippen LogP contribution in [0.15, 0.2) is 54.7 Å². The van der Waals surface area contributed by atoms with Gasteiger partial charge in [0.1, 0.15) is 17.6 Å². The summed E-state index contributed by atoms with van der Waals surface area (Å²) < 4.78 is 6.45. The summed E-state index contributed by atoms with van der Waals surface area (Å²) in [6.07, 6.45) is 1.80. The largest absolute Gasteiger partial charge is 0.543 e. The van der Waals surface area contributed by atoms with Gasteiger partial charge in [0.2, 0.25) is 8.32 Å². The van der Waals surface area contributed by atoms with Crippen LogP contribution < -0.4 is 9.74 Å². The van der Waals surface area contributed by atoms with Crippen LogP contribution in [0.5, 0.6) is 5.75 Å². The minimum absolute atomic E-state index is 0.125. The zero-order chi connectivity index (χ0) is 22.8. The molecule has 0 aliphatic carbocycles. The summed E-state index contributed by atoms with van der Waals surface area (Å²) in [5.74, 6) is 1.42. The molecule has 0 atom stereocenters. The molecule has 31 heavy (non-hydrogen) atoms. The summed E-state index contributed by atoms with van der Waals surface area (Å²) in [6, 6.07) is 18.4. The van der Waals surface area contributed by atoms with Crippen LogP contribution in [0.2, 0.25) is 18.1 Å². The third-order valence-corrected chi connectivity index (χ3v) is 10.2. The molecular weight excluding hydrogens is 398 g/mol. The smallest absolute Gasteiger partial charge is 0.250 e. The average molecular weight is 430 g/mol. The number of nitrogens with one attached hydrogen (secondary N) is 1. The van der Waals surface area contributed by atoms with Crippen LogP contribution in [0, 0.1) is 25.2 Å². The molecule has 3 aromatic rings. The Labute approximate surface area is 187 Å². The summed E-state index contributed by atoms with van der Waals surface area (Å²) in [4.78, 5) is 4.56. The fourth-order valence-corrected chi connectivity index (χ4v) is 4.20. The predicted octanol–water partition coefficient (Wildman–Crippen LogP) is 7.36. The lowest BCUT2D eigenvalue weighted by molar-refractivity contribution is 0.492. The van der Waals surface area contributed by atoms with Gasteiger partial charge in [-0.15, -0.1) is 0 Å². The van der Waals surface area contributed by atoms with E-state index in [4.69, 9.17) is 4.43 Å². The number of nitrogens with zero attached hydrogens (tertiary/aromatic N) is 2. The van der Waals surface area contributed by atoms with Crippen molar-refractivity contribution in [2.24, 2.45) is 0 Å². The van der Waals surface area contributed by atoms with Crippen LogP contribution in [0.25, 0.3) is 11.1 Å². The molecule has 1 aromatic heterocycles. The lowest BCUT2D eigenvalue weighted by Crippen LogP contribution is -2.43. The number of aryl methyl sites for hydroxylation is 2. The molecule has 0 saturated carbocycles. The third kappa shape index (κ3) is 5.34. The summed E-state index contributed by atoms with van der Waals surface area (Å²) >= 11 is 0. The highest BCUT2D eigenvalue weighted by molar-refractivity contribution is 6.74. The molecule has 0 spiro atoms. The summed E-state index contributed by atoms with van der Waals surface area (Å²) in [6.45, 7) is 15.3. The van der Waals surface area contributed by atoms with Gasteiger partial charge in [0, 0.05) is 17.4 Å². The number of hydrogen-bond acceptors (Lipinski definition) is 4. The van der Waals surface area contributed by atoms with Crippen molar-refractivity contribution in [2.75, 3.05) is 5.32 Å². The van der Waals surface area contributed by atoms with Crippen molar-refractivity contribution in [1.82, 2.24) is 4.98 Å². The first-order valence-electron chi connectivity index (χ1n) is 10.5. The van der Waals surface area contributed by atoms with E-state index in [1.54, 1.807) is 6.20 Å². The maximum absolute atomic E-state index is 9.72. The Morgan fingerprint density at radius 3 is 2.26 bits per heavy atom. The van der Waals surface area contributed by atoms with Gasteiger partial charge < -0.3 is 9.74 Å². The van der Waals surface area contributed by atoms with Crippen molar-refractivity contribution in [2.45, 2.75) is 52.8 Å². The Bertz CT molecular complexity index is 1120. The molecule has 1 heterocycles. The fourth-order valence-electron chi connectivity index (χ4n) is 3.18. The number of anilines is 2.